The van der Waals surface area contributed by atoms with Gasteiger partial charge in [0.25, 0.3) is 0 Å². The van der Waals surface area contributed by atoms with Crippen LogP contribution in [-0.4, -0.2) is 27.6 Å². The summed E-state index contributed by atoms with van der Waals surface area (Å²) in [4.78, 5) is 26.9. The van der Waals surface area contributed by atoms with Crippen LogP contribution in [0.5, 0.6) is 0 Å². The van der Waals surface area contributed by atoms with Crippen molar-refractivity contribution in [3.8, 4) is 10.6 Å². The van der Waals surface area contributed by atoms with Crippen LogP contribution in [0.2, 0.25) is 0 Å². The lowest BCUT2D eigenvalue weighted by Crippen LogP contribution is -2.53. The lowest BCUT2D eigenvalue weighted by Gasteiger charge is -2.55. The van der Waals surface area contributed by atoms with Gasteiger partial charge in [0.2, 0.25) is 11.8 Å². The molecule has 3 N–H and O–H groups in total. The molecule has 0 spiro atoms. The average molecular weight is 440 g/mol. The monoisotopic (exact) mass is 439 g/mol. The maximum absolute atomic E-state index is 13.7. The summed E-state index contributed by atoms with van der Waals surface area (Å²) >= 11 is 1.62. The first-order valence-corrected chi connectivity index (χ1v) is 12.4. The van der Waals surface area contributed by atoms with Crippen LogP contribution in [-0.2, 0) is 9.59 Å². The van der Waals surface area contributed by atoms with Crippen molar-refractivity contribution in [3.05, 3.63) is 23.6 Å². The molecule has 1 aliphatic heterocycles. The summed E-state index contributed by atoms with van der Waals surface area (Å²) in [5.41, 5.74) is 0.578. The number of nitrogens with zero attached hydrogens (tertiary/aromatic N) is 2. The van der Waals surface area contributed by atoms with E-state index in [9.17, 15) is 9.59 Å². The first-order valence-electron chi connectivity index (χ1n) is 11.5. The summed E-state index contributed by atoms with van der Waals surface area (Å²) in [6.45, 7) is 1.99. The van der Waals surface area contributed by atoms with Crippen LogP contribution >= 0.6 is 11.3 Å². The van der Waals surface area contributed by atoms with E-state index < -0.39 is 6.29 Å². The first-order chi connectivity index (χ1) is 15.0. The van der Waals surface area contributed by atoms with E-state index in [0.717, 1.165) is 29.8 Å². The van der Waals surface area contributed by atoms with Crippen molar-refractivity contribution in [1.29, 1.82) is 0 Å². The van der Waals surface area contributed by atoms with Gasteiger partial charge in [-0.3, -0.25) is 14.9 Å². The average Bonchev–Trinajstić information content (AvgIpc) is 3.36. The second kappa shape index (κ2) is 7.17. The van der Waals surface area contributed by atoms with E-state index in [4.69, 9.17) is 5.10 Å². The topological polar surface area (TPSA) is 88.1 Å². The highest BCUT2D eigenvalue weighted by molar-refractivity contribution is 7.13. The van der Waals surface area contributed by atoms with Crippen molar-refractivity contribution in [2.45, 2.75) is 64.2 Å². The van der Waals surface area contributed by atoms with Crippen LogP contribution in [0.25, 0.3) is 10.6 Å². The molecule has 2 aromatic heterocycles. The first kappa shape index (κ1) is 19.5. The molecule has 5 aliphatic rings. The molecule has 5 fully saturated rings. The van der Waals surface area contributed by atoms with Gasteiger partial charge in [0.05, 0.1) is 10.3 Å². The largest absolute Gasteiger partial charge is 0.322 e. The third-order valence-corrected chi connectivity index (χ3v) is 8.64. The number of hydrogen-bond donors (Lipinski definition) is 3. The Balaban J connectivity index is 1.32. The van der Waals surface area contributed by atoms with E-state index in [2.05, 4.69) is 16.0 Å². The van der Waals surface area contributed by atoms with Gasteiger partial charge in [0.1, 0.15) is 11.5 Å². The molecule has 0 aromatic carbocycles. The van der Waals surface area contributed by atoms with Gasteiger partial charge in [-0.05, 0) is 74.6 Å². The van der Waals surface area contributed by atoms with Crippen molar-refractivity contribution in [1.82, 2.24) is 20.4 Å². The summed E-state index contributed by atoms with van der Waals surface area (Å²) in [5.74, 6) is 2.91. The Bertz CT molecular complexity index is 978. The molecule has 0 radical (unpaired) electrons. The SMILES string of the molecule is CC1CC(=O)NC(n2nc(-c3cccs3)cc2NC(=O)C23CC4CC(CC(C4)C2)C3)N1. The molecule has 7 rings (SSSR count). The summed E-state index contributed by atoms with van der Waals surface area (Å²) in [6.07, 6.45) is 6.95. The van der Waals surface area contributed by atoms with Gasteiger partial charge in [-0.25, -0.2) is 4.68 Å². The van der Waals surface area contributed by atoms with Gasteiger partial charge >= 0.3 is 0 Å². The minimum Gasteiger partial charge on any atom is -0.322 e. The Morgan fingerprint density at radius 1 is 1.23 bits per heavy atom. The molecule has 7 nitrogen and oxygen atoms in total. The maximum atomic E-state index is 13.7. The smallest absolute Gasteiger partial charge is 0.231 e. The Labute approximate surface area is 186 Å². The number of hydrogen-bond acceptors (Lipinski definition) is 5. The van der Waals surface area contributed by atoms with Gasteiger partial charge in [-0.2, -0.15) is 5.10 Å². The second-order valence-electron chi connectivity index (χ2n) is 10.2. The highest BCUT2D eigenvalue weighted by Crippen LogP contribution is 2.60. The van der Waals surface area contributed by atoms with Crippen molar-refractivity contribution in [2.75, 3.05) is 5.32 Å². The Morgan fingerprint density at radius 2 is 1.94 bits per heavy atom. The third-order valence-electron chi connectivity index (χ3n) is 7.75. The highest BCUT2D eigenvalue weighted by Gasteiger charge is 2.54. The van der Waals surface area contributed by atoms with Crippen molar-refractivity contribution < 1.29 is 9.59 Å². The molecular weight excluding hydrogens is 410 g/mol. The van der Waals surface area contributed by atoms with Crippen LogP contribution in [0.4, 0.5) is 5.82 Å². The summed E-state index contributed by atoms with van der Waals surface area (Å²) in [7, 11) is 0. The molecule has 4 bridgehead atoms. The Morgan fingerprint density at radius 3 is 2.55 bits per heavy atom. The van der Waals surface area contributed by atoms with Gasteiger partial charge < -0.3 is 10.6 Å². The van der Waals surface area contributed by atoms with Crippen molar-refractivity contribution in [3.63, 3.8) is 0 Å². The van der Waals surface area contributed by atoms with Crippen LogP contribution in [0.15, 0.2) is 23.6 Å². The summed E-state index contributed by atoms with van der Waals surface area (Å²) in [5, 5.41) is 16.4. The van der Waals surface area contributed by atoms with Gasteiger partial charge in [0, 0.05) is 18.5 Å². The maximum Gasteiger partial charge on any atom is 0.231 e. The molecule has 2 atom stereocenters. The minimum absolute atomic E-state index is 0.0113. The normalized spacial score (nSPS) is 36.4. The molecule has 8 heteroatoms. The highest BCUT2D eigenvalue weighted by atomic mass is 32.1. The number of thiophene rings is 1. The molecule has 2 aromatic rings. The molecule has 1 saturated heterocycles. The van der Waals surface area contributed by atoms with Crippen LogP contribution in [0.3, 0.4) is 0 Å². The van der Waals surface area contributed by atoms with Crippen LogP contribution < -0.4 is 16.0 Å². The van der Waals surface area contributed by atoms with E-state index in [-0.39, 0.29) is 23.3 Å². The molecule has 31 heavy (non-hydrogen) atoms. The minimum atomic E-state index is -0.475. The lowest BCUT2D eigenvalue weighted by atomic mass is 9.49. The summed E-state index contributed by atoms with van der Waals surface area (Å²) < 4.78 is 1.74. The van der Waals surface area contributed by atoms with E-state index in [1.807, 2.05) is 30.5 Å². The van der Waals surface area contributed by atoms with Gasteiger partial charge in [-0.1, -0.05) is 6.07 Å². The van der Waals surface area contributed by atoms with Crippen LogP contribution in [0, 0.1) is 23.2 Å². The zero-order valence-corrected chi connectivity index (χ0v) is 18.6. The second-order valence-corrected chi connectivity index (χ2v) is 11.2. The molecule has 4 aliphatic carbocycles. The fraction of sp³-hybridized carbons (Fsp3) is 0.609. The molecule has 4 saturated carbocycles. The molecule has 164 valence electrons. The van der Waals surface area contributed by atoms with Gasteiger partial charge in [0.15, 0.2) is 6.29 Å². The lowest BCUT2D eigenvalue weighted by molar-refractivity contribution is -0.140. The van der Waals surface area contributed by atoms with E-state index in [1.54, 1.807) is 16.0 Å². The van der Waals surface area contributed by atoms with E-state index >= 15 is 0 Å². The quantitative estimate of drug-likeness (QED) is 0.678. The fourth-order valence-corrected chi connectivity index (χ4v) is 7.54. The number of carbonyl (C=O) groups is 2. The standard InChI is InChI=1S/C23H29N5O2S/c1-13-5-20(29)26-22(24-13)28-19(9-17(27-28)18-3-2-4-31-18)25-21(30)23-10-14-6-15(11-23)8-16(7-14)12-23/h2-4,9,13-16,22,24H,5-8,10-12H2,1H3,(H,25,30)(H,26,29). The molecule has 2 amide bonds. The molecule has 2 unspecified atom stereocenters. The predicted molar refractivity (Wildman–Crippen MR) is 119 cm³/mol. The summed E-state index contributed by atoms with van der Waals surface area (Å²) in [6, 6.07) is 6.00. The number of aromatic nitrogens is 2. The van der Waals surface area contributed by atoms with E-state index in [0.29, 0.717) is 30.0 Å². The number of anilines is 1. The number of carbonyl (C=O) groups excluding carboxylic acids is 2. The number of rotatable bonds is 4. The molecular formula is C23H29N5O2S. The van der Waals surface area contributed by atoms with Crippen LogP contribution in [0.1, 0.15) is 58.2 Å². The van der Waals surface area contributed by atoms with Crippen molar-refractivity contribution >= 4 is 29.0 Å². The zero-order chi connectivity index (χ0) is 21.2. The fourth-order valence-electron chi connectivity index (χ4n) is 6.86. The van der Waals surface area contributed by atoms with Gasteiger partial charge in [-0.15, -0.1) is 11.3 Å². The third kappa shape index (κ3) is 3.40. The zero-order valence-electron chi connectivity index (χ0n) is 17.8. The van der Waals surface area contributed by atoms with Crippen molar-refractivity contribution in [2.24, 2.45) is 23.2 Å². The van der Waals surface area contributed by atoms with E-state index in [1.165, 1.54) is 19.3 Å². The Kier molecular flexibility index (Phi) is 4.51. The number of amides is 2. The Hall–Kier alpha value is -2.19. The number of nitrogens with one attached hydrogen (secondary N) is 3. The molecule has 3 heterocycles. The predicted octanol–water partition coefficient (Wildman–Crippen LogP) is 3.72.